The molecular weight excluding hydrogens is 149 g/mol. The zero-order chi connectivity index (χ0) is 0. The molecule has 0 saturated carbocycles. The van der Waals surface area contributed by atoms with Gasteiger partial charge in [-0.3, -0.25) is 0 Å². The Balaban J connectivity index is 0. The SMILES string of the molecule is [Co].[LiH].[MgH2].[Ni]. The first kappa shape index (κ1) is 32.8. The molecule has 4 heavy (non-hydrogen) atoms. The van der Waals surface area contributed by atoms with Crippen molar-refractivity contribution in [2.45, 2.75) is 0 Å². The molecule has 0 spiro atoms. The first-order chi connectivity index (χ1) is 0. The van der Waals surface area contributed by atoms with E-state index in [4.69, 9.17) is 0 Å². The normalized spacial score (nSPS) is 0. The molecule has 0 aromatic carbocycles. The summed E-state index contributed by atoms with van der Waals surface area (Å²) in [6, 6.07) is 0. The van der Waals surface area contributed by atoms with Crippen LogP contribution in [0.15, 0.2) is 0 Å². The molecule has 0 N–H and O–H groups in total. The number of rotatable bonds is 0. The fourth-order valence-electron chi connectivity index (χ4n) is 0. The second-order valence-corrected chi connectivity index (χ2v) is 0. The van der Waals surface area contributed by atoms with E-state index in [-0.39, 0.29) is 75.2 Å². The number of hydrogen-bond donors (Lipinski definition) is 0. The van der Waals surface area contributed by atoms with E-state index in [1.54, 1.807) is 0 Å². The predicted octanol–water partition coefficient (Wildman–Crippen LogP) is -1.57. The summed E-state index contributed by atoms with van der Waals surface area (Å²) in [5, 5.41) is 0. The van der Waals surface area contributed by atoms with Crippen LogP contribution in [0, 0.1) is 0 Å². The Bertz CT molecular complexity index is 8.00. The van der Waals surface area contributed by atoms with E-state index in [0.29, 0.717) is 0 Å². The average Bonchev–Trinajstić information content (AvgIpc) is 0. The van der Waals surface area contributed by atoms with Gasteiger partial charge in [-0.15, -0.1) is 0 Å². The molecule has 4 heteroatoms. The molecule has 0 nitrogen and oxygen atoms in total. The van der Waals surface area contributed by atoms with E-state index in [9.17, 15) is 0 Å². The van der Waals surface area contributed by atoms with Crippen LogP contribution in [0.5, 0.6) is 0 Å². The Labute approximate surface area is 74.3 Å². The summed E-state index contributed by atoms with van der Waals surface area (Å²) in [6.07, 6.45) is 0. The van der Waals surface area contributed by atoms with E-state index in [0.717, 1.165) is 0 Å². The maximum absolute atomic E-state index is 0. The van der Waals surface area contributed by atoms with Gasteiger partial charge in [-0.25, -0.2) is 0 Å². The molecule has 1 radical (unpaired) electrons. The molecule has 0 rings (SSSR count). The van der Waals surface area contributed by atoms with Crippen LogP contribution >= 0.6 is 0 Å². The molecule has 0 amide bonds. The van der Waals surface area contributed by atoms with Crippen molar-refractivity contribution < 1.29 is 33.3 Å². The fraction of sp³-hybridized carbons (Fsp3) is 0. The van der Waals surface area contributed by atoms with Crippen molar-refractivity contribution in [1.82, 2.24) is 0 Å². The maximum atomic E-state index is 0. The quantitative estimate of drug-likeness (QED) is 0.368. The van der Waals surface area contributed by atoms with Gasteiger partial charge in [0.25, 0.3) is 0 Å². The van der Waals surface area contributed by atoms with Crippen molar-refractivity contribution in [3.05, 3.63) is 0 Å². The molecule has 0 aliphatic heterocycles. The first-order valence-corrected chi connectivity index (χ1v) is 0. The molecular formula is H3CoLiMgNi. The second-order valence-electron chi connectivity index (χ2n) is 0. The van der Waals surface area contributed by atoms with E-state index >= 15 is 0 Å². The summed E-state index contributed by atoms with van der Waals surface area (Å²) in [7, 11) is 0. The van der Waals surface area contributed by atoms with Crippen molar-refractivity contribution in [3.63, 3.8) is 0 Å². The molecule has 25 valence electrons. The van der Waals surface area contributed by atoms with Crippen molar-refractivity contribution in [1.29, 1.82) is 0 Å². The third kappa shape index (κ3) is 8.84. The summed E-state index contributed by atoms with van der Waals surface area (Å²) in [6.45, 7) is 0. The first-order valence-electron chi connectivity index (χ1n) is 0. The van der Waals surface area contributed by atoms with Crippen molar-refractivity contribution in [2.24, 2.45) is 0 Å². The molecule has 0 heterocycles. The molecule has 0 bridgehead atoms. The van der Waals surface area contributed by atoms with Gasteiger partial charge < -0.3 is 0 Å². The zero-order valence-electron chi connectivity index (χ0n) is 0.650. The van der Waals surface area contributed by atoms with Crippen molar-refractivity contribution in [2.75, 3.05) is 0 Å². The second kappa shape index (κ2) is 18.3. The van der Waals surface area contributed by atoms with Gasteiger partial charge in [-0.05, 0) is 0 Å². The smallest absolute Gasteiger partial charge is 0 e. The Morgan fingerprint density at radius 2 is 1.00 bits per heavy atom. The molecule has 0 aliphatic rings. The maximum Gasteiger partial charge on any atom is 0.316 e. The van der Waals surface area contributed by atoms with Crippen LogP contribution in [-0.4, -0.2) is 41.9 Å². The Kier molecular flexibility index (Phi) is 150. The van der Waals surface area contributed by atoms with E-state index in [1.165, 1.54) is 0 Å². The van der Waals surface area contributed by atoms with Gasteiger partial charge in [0.05, 0.1) is 0 Å². The summed E-state index contributed by atoms with van der Waals surface area (Å²) in [5.74, 6) is 0. The summed E-state index contributed by atoms with van der Waals surface area (Å²) >= 11 is 0. The van der Waals surface area contributed by atoms with Crippen LogP contribution in [0.3, 0.4) is 0 Å². The molecule has 0 atom stereocenters. The van der Waals surface area contributed by atoms with Crippen LogP contribution in [0.2, 0.25) is 0 Å². The summed E-state index contributed by atoms with van der Waals surface area (Å²) < 4.78 is 0. The third-order valence-electron chi connectivity index (χ3n) is 0. The fourth-order valence-corrected chi connectivity index (χ4v) is 0. The summed E-state index contributed by atoms with van der Waals surface area (Å²) in [5.41, 5.74) is 0. The molecule has 0 fully saturated rings. The molecule has 0 aromatic rings. The standard InChI is InChI=1S/Co.Li.Mg.Ni.3H. The minimum atomic E-state index is 0. The molecule has 0 unspecified atom stereocenters. The van der Waals surface area contributed by atoms with Crippen LogP contribution in [0.4, 0.5) is 0 Å². The average molecular weight is 152 g/mol. The predicted molar refractivity (Wildman–Crippen MR) is 15.7 cm³/mol. The summed E-state index contributed by atoms with van der Waals surface area (Å²) in [4.78, 5) is 0. The molecule has 0 aliphatic carbocycles. The van der Waals surface area contributed by atoms with Gasteiger partial charge in [0.15, 0.2) is 0 Å². The van der Waals surface area contributed by atoms with Gasteiger partial charge in [0, 0.05) is 33.3 Å². The Hall–Kier alpha value is 2.36. The monoisotopic (exact) mass is 151 g/mol. The third-order valence-corrected chi connectivity index (χ3v) is 0. The number of hydrogen-bond acceptors (Lipinski definition) is 0. The molecule has 0 aromatic heterocycles. The van der Waals surface area contributed by atoms with Crippen molar-refractivity contribution >= 4 is 41.9 Å². The van der Waals surface area contributed by atoms with Crippen LogP contribution in [0.25, 0.3) is 0 Å². The van der Waals surface area contributed by atoms with Crippen LogP contribution < -0.4 is 0 Å². The van der Waals surface area contributed by atoms with Crippen LogP contribution in [0.1, 0.15) is 0 Å². The van der Waals surface area contributed by atoms with Crippen LogP contribution in [-0.2, 0) is 33.3 Å². The van der Waals surface area contributed by atoms with Gasteiger partial charge >= 0.3 is 41.9 Å². The van der Waals surface area contributed by atoms with Crippen molar-refractivity contribution in [3.8, 4) is 0 Å². The van der Waals surface area contributed by atoms with E-state index in [2.05, 4.69) is 0 Å². The zero-order valence-corrected chi connectivity index (χ0v) is 2.68. The van der Waals surface area contributed by atoms with Gasteiger partial charge in [0.1, 0.15) is 0 Å². The Morgan fingerprint density at radius 1 is 1.00 bits per heavy atom. The van der Waals surface area contributed by atoms with Gasteiger partial charge in [-0.1, -0.05) is 0 Å². The molecule has 0 saturated heterocycles. The Morgan fingerprint density at radius 3 is 1.00 bits per heavy atom. The van der Waals surface area contributed by atoms with Gasteiger partial charge in [-0.2, -0.15) is 0 Å². The largest absolute Gasteiger partial charge is 0.316 e. The minimum Gasteiger partial charge on any atom is 0 e. The minimum absolute atomic E-state index is 0. The van der Waals surface area contributed by atoms with E-state index < -0.39 is 0 Å². The van der Waals surface area contributed by atoms with E-state index in [1.807, 2.05) is 0 Å². The van der Waals surface area contributed by atoms with Gasteiger partial charge in [0.2, 0.25) is 0 Å². The topological polar surface area (TPSA) is 0 Å².